The first-order chi connectivity index (χ1) is 12.7. The number of hydrogen-bond donors (Lipinski definition) is 1. The van der Waals surface area contributed by atoms with E-state index in [4.69, 9.17) is 0 Å². The zero-order valence-corrected chi connectivity index (χ0v) is 15.3. The average molecular weight is 348 g/mol. The van der Waals surface area contributed by atoms with E-state index in [1.807, 2.05) is 24.3 Å². The highest BCUT2D eigenvalue weighted by Crippen LogP contribution is 2.10. The molecule has 2 aromatic carbocycles. The second-order valence-electron chi connectivity index (χ2n) is 6.20. The van der Waals surface area contributed by atoms with Crippen LogP contribution >= 0.6 is 0 Å². The lowest BCUT2D eigenvalue weighted by Crippen LogP contribution is -2.24. The molecule has 5 heteroatoms. The molecule has 0 aliphatic carbocycles. The third-order valence-electron chi connectivity index (χ3n) is 4.46. The Balaban J connectivity index is 1.60. The first-order valence-corrected chi connectivity index (χ1v) is 8.99. The summed E-state index contributed by atoms with van der Waals surface area (Å²) in [5.41, 5.74) is 4.19. The Kier molecular flexibility index (Phi) is 5.92. The molecule has 1 heterocycles. The van der Waals surface area contributed by atoms with Crippen LogP contribution < -0.4 is 5.32 Å². The molecule has 26 heavy (non-hydrogen) atoms. The summed E-state index contributed by atoms with van der Waals surface area (Å²) >= 11 is 0. The molecule has 0 saturated heterocycles. The van der Waals surface area contributed by atoms with Gasteiger partial charge in [-0.15, -0.1) is 0 Å². The standard InChI is InChI=1S/C21H24N4O/c1-3-25(4-2)15-17-11-9-16(10-12-17)13-23-21(26)20-14-22-18-7-5-6-8-19(18)24-20/h5-12,14H,3-4,13,15H2,1-2H3,(H,23,26). The highest BCUT2D eigenvalue weighted by atomic mass is 16.1. The predicted octanol–water partition coefficient (Wildman–Crippen LogP) is 3.40. The number of nitrogens with zero attached hydrogens (tertiary/aromatic N) is 3. The molecule has 0 fully saturated rings. The largest absolute Gasteiger partial charge is 0.347 e. The molecule has 0 bridgehead atoms. The number of carbonyl (C=O) groups is 1. The van der Waals surface area contributed by atoms with Crippen molar-refractivity contribution in [2.75, 3.05) is 13.1 Å². The second-order valence-corrected chi connectivity index (χ2v) is 6.20. The Morgan fingerprint density at radius 2 is 1.62 bits per heavy atom. The van der Waals surface area contributed by atoms with Crippen molar-refractivity contribution in [2.45, 2.75) is 26.9 Å². The van der Waals surface area contributed by atoms with Gasteiger partial charge in [0, 0.05) is 13.1 Å². The van der Waals surface area contributed by atoms with Crippen molar-refractivity contribution in [3.8, 4) is 0 Å². The van der Waals surface area contributed by atoms with Gasteiger partial charge in [0.2, 0.25) is 0 Å². The molecule has 5 nitrogen and oxygen atoms in total. The van der Waals surface area contributed by atoms with Crippen LogP contribution in [0, 0.1) is 0 Å². The van der Waals surface area contributed by atoms with E-state index in [0.29, 0.717) is 12.2 Å². The maximum Gasteiger partial charge on any atom is 0.271 e. The van der Waals surface area contributed by atoms with E-state index in [-0.39, 0.29) is 5.91 Å². The topological polar surface area (TPSA) is 58.1 Å². The van der Waals surface area contributed by atoms with Gasteiger partial charge in [-0.05, 0) is 36.3 Å². The molecule has 0 atom stereocenters. The van der Waals surface area contributed by atoms with E-state index in [0.717, 1.165) is 36.2 Å². The highest BCUT2D eigenvalue weighted by Gasteiger charge is 2.09. The molecule has 0 spiro atoms. The third-order valence-corrected chi connectivity index (χ3v) is 4.46. The fourth-order valence-electron chi connectivity index (χ4n) is 2.81. The molecule has 134 valence electrons. The monoisotopic (exact) mass is 348 g/mol. The van der Waals surface area contributed by atoms with Gasteiger partial charge in [0.25, 0.3) is 5.91 Å². The number of nitrogens with one attached hydrogen (secondary N) is 1. The number of benzene rings is 2. The fraction of sp³-hybridized carbons (Fsp3) is 0.286. The summed E-state index contributed by atoms with van der Waals surface area (Å²) < 4.78 is 0. The van der Waals surface area contributed by atoms with Crippen LogP contribution in [0.25, 0.3) is 11.0 Å². The Hall–Kier alpha value is -2.79. The molecule has 0 saturated carbocycles. The predicted molar refractivity (Wildman–Crippen MR) is 104 cm³/mol. The molecular weight excluding hydrogens is 324 g/mol. The highest BCUT2D eigenvalue weighted by molar-refractivity contribution is 5.93. The number of aromatic nitrogens is 2. The summed E-state index contributed by atoms with van der Waals surface area (Å²) in [6.45, 7) is 7.85. The van der Waals surface area contributed by atoms with E-state index >= 15 is 0 Å². The van der Waals surface area contributed by atoms with E-state index in [2.05, 4.69) is 58.3 Å². The summed E-state index contributed by atoms with van der Waals surface area (Å²) in [6, 6.07) is 15.9. The van der Waals surface area contributed by atoms with Crippen LogP contribution in [0.2, 0.25) is 0 Å². The molecule has 0 unspecified atom stereocenters. The van der Waals surface area contributed by atoms with Crippen LogP contribution in [-0.2, 0) is 13.1 Å². The van der Waals surface area contributed by atoms with E-state index in [1.54, 1.807) is 0 Å². The van der Waals surface area contributed by atoms with Crippen molar-refractivity contribution < 1.29 is 4.79 Å². The summed E-state index contributed by atoms with van der Waals surface area (Å²) in [7, 11) is 0. The van der Waals surface area contributed by atoms with Gasteiger partial charge < -0.3 is 5.32 Å². The molecule has 0 aliphatic rings. The zero-order chi connectivity index (χ0) is 18.4. The minimum Gasteiger partial charge on any atom is -0.347 e. The van der Waals surface area contributed by atoms with Crippen LogP contribution in [0.5, 0.6) is 0 Å². The van der Waals surface area contributed by atoms with Gasteiger partial charge in [0.1, 0.15) is 5.69 Å². The van der Waals surface area contributed by atoms with E-state index in [9.17, 15) is 4.79 Å². The SMILES string of the molecule is CCN(CC)Cc1ccc(CNC(=O)c2cnc3ccccc3n2)cc1. The molecule has 0 radical (unpaired) electrons. The van der Waals surface area contributed by atoms with Gasteiger partial charge in [-0.2, -0.15) is 0 Å². The Labute approximate surface area is 154 Å². The molecule has 3 rings (SSSR count). The minimum absolute atomic E-state index is 0.213. The first-order valence-electron chi connectivity index (χ1n) is 8.99. The van der Waals surface area contributed by atoms with Gasteiger partial charge in [-0.25, -0.2) is 4.98 Å². The zero-order valence-electron chi connectivity index (χ0n) is 15.3. The Bertz CT molecular complexity index is 873. The summed E-state index contributed by atoms with van der Waals surface area (Å²) in [4.78, 5) is 23.4. The van der Waals surface area contributed by atoms with Crippen molar-refractivity contribution in [2.24, 2.45) is 0 Å². The minimum atomic E-state index is -0.213. The number of hydrogen-bond acceptors (Lipinski definition) is 4. The average Bonchev–Trinajstić information content (AvgIpc) is 2.70. The Morgan fingerprint density at radius 1 is 0.962 bits per heavy atom. The van der Waals surface area contributed by atoms with Crippen molar-refractivity contribution >= 4 is 16.9 Å². The molecule has 1 N–H and O–H groups in total. The number of fused-ring (bicyclic) bond motifs is 1. The number of para-hydroxylation sites is 2. The molecule has 0 aliphatic heterocycles. The van der Waals surface area contributed by atoms with Gasteiger partial charge in [0.15, 0.2) is 0 Å². The third kappa shape index (κ3) is 4.43. The molecule has 1 aromatic heterocycles. The lowest BCUT2D eigenvalue weighted by atomic mass is 10.1. The van der Waals surface area contributed by atoms with Gasteiger partial charge in [-0.1, -0.05) is 50.2 Å². The summed E-state index contributed by atoms with van der Waals surface area (Å²) in [5, 5.41) is 2.91. The van der Waals surface area contributed by atoms with Crippen LogP contribution in [-0.4, -0.2) is 33.9 Å². The molecule has 1 amide bonds. The fourth-order valence-corrected chi connectivity index (χ4v) is 2.81. The summed E-state index contributed by atoms with van der Waals surface area (Å²) in [5.74, 6) is -0.213. The van der Waals surface area contributed by atoms with E-state index < -0.39 is 0 Å². The van der Waals surface area contributed by atoms with Crippen molar-refractivity contribution in [3.05, 3.63) is 71.5 Å². The van der Waals surface area contributed by atoms with E-state index in [1.165, 1.54) is 11.8 Å². The van der Waals surface area contributed by atoms with Crippen molar-refractivity contribution in [3.63, 3.8) is 0 Å². The maximum atomic E-state index is 12.3. The number of carbonyl (C=O) groups excluding carboxylic acids is 1. The normalized spacial score (nSPS) is 11.0. The number of rotatable bonds is 7. The quantitative estimate of drug-likeness (QED) is 0.711. The Morgan fingerprint density at radius 3 is 2.31 bits per heavy atom. The van der Waals surface area contributed by atoms with Crippen molar-refractivity contribution in [1.29, 1.82) is 0 Å². The molecular formula is C21H24N4O. The van der Waals surface area contributed by atoms with Crippen LogP contribution in [0.4, 0.5) is 0 Å². The summed E-state index contributed by atoms with van der Waals surface area (Å²) in [6.07, 6.45) is 1.52. The van der Waals surface area contributed by atoms with Gasteiger partial charge in [0.05, 0.1) is 17.2 Å². The van der Waals surface area contributed by atoms with Crippen LogP contribution in [0.3, 0.4) is 0 Å². The second kappa shape index (κ2) is 8.54. The van der Waals surface area contributed by atoms with Crippen LogP contribution in [0.1, 0.15) is 35.5 Å². The lowest BCUT2D eigenvalue weighted by Gasteiger charge is -2.18. The van der Waals surface area contributed by atoms with Crippen LogP contribution in [0.15, 0.2) is 54.7 Å². The molecule has 3 aromatic rings. The van der Waals surface area contributed by atoms with Gasteiger partial charge >= 0.3 is 0 Å². The lowest BCUT2D eigenvalue weighted by molar-refractivity contribution is 0.0946. The number of amides is 1. The maximum absolute atomic E-state index is 12.3. The van der Waals surface area contributed by atoms with Crippen molar-refractivity contribution in [1.82, 2.24) is 20.2 Å². The first kappa shape index (κ1) is 18.0. The smallest absolute Gasteiger partial charge is 0.271 e. The van der Waals surface area contributed by atoms with Gasteiger partial charge in [-0.3, -0.25) is 14.7 Å².